The largest absolute Gasteiger partial charge is 0.257 e. The molecule has 0 heterocycles. The Morgan fingerprint density at radius 1 is 0.0368 bits per heavy atom. The molecule has 0 saturated carbocycles. The van der Waals surface area contributed by atoms with Crippen LogP contribution in [0.3, 0.4) is 0 Å². The highest BCUT2D eigenvalue weighted by Crippen LogP contribution is 1.42. The average Bonchev–Trinajstić information content (AvgIpc) is 1.10. The van der Waals surface area contributed by atoms with E-state index in [1.807, 2.05) is 0 Å². The average molecular weight is 2040 g/mol. The van der Waals surface area contributed by atoms with Gasteiger partial charge >= 0.3 is 0 Å². The molecular weight excluding hydrogens is 1900 g/mol. The van der Waals surface area contributed by atoms with Crippen LogP contribution in [0.25, 0.3) is 0 Å². The maximum atomic E-state index is 4.96. The van der Waals surface area contributed by atoms with Crippen LogP contribution in [0, 0.1) is 0 Å². The van der Waals surface area contributed by atoms with Gasteiger partial charge in [-0.2, -0.15) is 742 Å². The molecule has 0 unspecified atom stereocenters. The summed E-state index contributed by atoms with van der Waals surface area (Å²) in [5, 5.41) is 0. The van der Waals surface area contributed by atoms with E-state index in [0.717, 1.165) is 0 Å². The van der Waals surface area contributed by atoms with E-state index < -0.39 is 0 Å². The Morgan fingerprint density at radius 3 is 0.0809 bits per heavy atom. The summed E-state index contributed by atoms with van der Waals surface area (Å²) in [5.41, 5.74) is 333. The zero-order valence-electron chi connectivity index (χ0n) is 68.2. The minimum absolute atomic E-state index is 2.12. The summed E-state index contributed by atoms with van der Waals surface area (Å²) in [6, 6.07) is 0. The maximum Gasteiger partial charge on any atom is -0.164 e. The predicted octanol–water partition coefficient (Wildman–Crippen LogP) is -67.6. The Morgan fingerprint density at radius 2 is 0.0588 bits per heavy atom. The van der Waals surface area contributed by atoms with Gasteiger partial charge in [0.25, 0.3) is 0 Å². The molecule has 0 rings (SSSR count). The highest BCUT2D eigenvalue weighted by Gasteiger charge is 1.96. The van der Waals surface area contributed by atoms with Crippen molar-refractivity contribution in [1.82, 2.24) is 742 Å². The lowest BCUT2D eigenvalue weighted by Crippen LogP contribution is -2.71. The van der Waals surface area contributed by atoms with Crippen LogP contribution in [0.15, 0.2) is 0 Å². The Labute approximate surface area is 753 Å². The summed E-state index contributed by atoms with van der Waals surface area (Å²) in [6.07, 6.45) is 0. The number of nitrogens with two attached hydrogens (primary N) is 2. The van der Waals surface area contributed by atoms with E-state index in [0.29, 0.717) is 0 Å². The number of hydrogen-bond acceptors (Lipinski definition) is 136. The van der Waals surface area contributed by atoms with Crippen molar-refractivity contribution in [2.75, 3.05) is 0 Å². The zero-order chi connectivity index (χ0) is 96.8. The molecule has 136 nitrogen and oxygen atoms in total. The molecule has 0 radical (unpaired) electrons. The van der Waals surface area contributed by atoms with Gasteiger partial charge < -0.3 is 0 Å². The van der Waals surface area contributed by atoms with Crippen molar-refractivity contribution >= 4 is 0 Å². The number of hydrazine groups is 135. The van der Waals surface area contributed by atoms with Crippen LogP contribution in [0.4, 0.5) is 0 Å². The van der Waals surface area contributed by atoms with Crippen molar-refractivity contribution in [1.29, 1.82) is 0 Å². The fourth-order valence-corrected chi connectivity index (χ4v) is 4.13. The molecule has 818 valence electrons. The van der Waals surface area contributed by atoms with Crippen molar-refractivity contribution in [3.8, 4) is 0 Å². The van der Waals surface area contributed by atoms with Gasteiger partial charge in [0.2, 0.25) is 0 Å². The maximum absolute atomic E-state index is 4.96. The molecule has 0 bridgehead atoms. The van der Waals surface area contributed by atoms with Crippen LogP contribution in [0.1, 0.15) is 0 Å². The number of nitrogens with one attached hydrogen (secondary N) is 134. The quantitative estimate of drug-likeness (QED) is 0.0153. The first-order chi connectivity index (χ1) is 67.9. The lowest BCUT2D eigenvalue weighted by atomic mass is 12.0. The summed E-state index contributed by atoms with van der Waals surface area (Å²) < 4.78 is 0. The first-order valence-electron chi connectivity index (χ1n) is 33.8. The van der Waals surface area contributed by atoms with Crippen LogP contribution >= 0.6 is 0 Å². The molecule has 136 heteroatoms. The molecule has 0 aromatic carbocycles. The Bertz CT molecular complexity index is 1610. The van der Waals surface area contributed by atoms with Crippen molar-refractivity contribution in [2.45, 2.75) is 0 Å². The van der Waals surface area contributed by atoms with Crippen LogP contribution in [0.2, 0.25) is 0 Å². The minimum Gasteiger partial charge on any atom is -0.257 e. The monoisotopic (exact) mass is 2040 g/mol. The highest BCUT2D eigenvalue weighted by atomic mass is 16.1. The normalized spacial score (nSPS) is 11.9. The smallest absolute Gasteiger partial charge is 0.164 e. The topological polar surface area (TPSA) is 1660 Å². The van der Waals surface area contributed by atoms with E-state index >= 15 is 0 Å². The van der Waals surface area contributed by atoms with Crippen LogP contribution in [-0.4, -0.2) is 0 Å². The van der Waals surface area contributed by atoms with E-state index in [-0.39, 0.29) is 0 Å². The third-order valence-electron chi connectivity index (χ3n) is 8.33. The van der Waals surface area contributed by atoms with Gasteiger partial charge in [-0.05, 0) is 0 Å². The Hall–Kier alpha value is -5.44. The molecule has 0 aliphatic rings. The highest BCUT2D eigenvalue weighted by molar-refractivity contribution is 4.30. The summed E-state index contributed by atoms with van der Waals surface area (Å²) in [6.45, 7) is 0. The van der Waals surface area contributed by atoms with E-state index in [2.05, 4.69) is 742 Å². The van der Waals surface area contributed by atoms with Gasteiger partial charge in [-0.1, -0.05) is 0 Å². The van der Waals surface area contributed by atoms with Crippen molar-refractivity contribution in [2.24, 2.45) is 11.7 Å². The third-order valence-corrected chi connectivity index (χ3v) is 8.33. The summed E-state index contributed by atoms with van der Waals surface area (Å²) in [7, 11) is 0. The first-order valence-corrected chi connectivity index (χ1v) is 33.8. The molecule has 0 aromatic rings. The molecule has 136 heavy (non-hydrogen) atoms. The van der Waals surface area contributed by atoms with E-state index in [1.165, 1.54) is 0 Å². The van der Waals surface area contributed by atoms with Gasteiger partial charge in [-0.25, -0.2) is 0 Å². The lowest BCUT2D eigenvalue weighted by molar-refractivity contribution is 0.175. The van der Waals surface area contributed by atoms with E-state index in [4.69, 9.17) is 11.7 Å². The molecule has 0 spiro atoms. The Kier molecular flexibility index (Phi) is 124. The molecule has 138 N–H and O–H groups in total. The third kappa shape index (κ3) is 129. The second-order valence-corrected chi connectivity index (χ2v) is 16.8. The van der Waals surface area contributed by atoms with Gasteiger partial charge in [-0.15, -0.1) is 0 Å². The molecular formula is H138N136. The summed E-state index contributed by atoms with van der Waals surface area (Å²) in [4.78, 5) is 0. The molecule has 0 saturated heterocycles. The number of hydrogen-bond donors (Lipinski definition) is 136. The molecule has 0 aliphatic carbocycles. The van der Waals surface area contributed by atoms with Crippen molar-refractivity contribution < 1.29 is 0 Å². The Balaban J connectivity index is 3.10. The van der Waals surface area contributed by atoms with Crippen molar-refractivity contribution in [3.05, 3.63) is 0 Å². The van der Waals surface area contributed by atoms with E-state index in [9.17, 15) is 0 Å². The van der Waals surface area contributed by atoms with Gasteiger partial charge in [0, 0.05) is 0 Å². The summed E-state index contributed by atoms with van der Waals surface area (Å²) in [5.74, 6) is 9.91. The fraction of sp³-hybridized carbons (Fsp3) is 0. The fourth-order valence-electron chi connectivity index (χ4n) is 4.13. The summed E-state index contributed by atoms with van der Waals surface area (Å²) >= 11 is 0. The van der Waals surface area contributed by atoms with E-state index in [1.54, 1.807) is 0 Å². The minimum atomic E-state index is 2.12. The SMILES string of the molecule is NNNNNNNNNNNNNNNNNNNNNNNNNNNNNNNNNNNNNNNNNNNNNNNNNNNNNNNNNNNNNNNNNNNNNNNNNNNNNNNNNNNNNNNNNNNNNNNNNNNNNNNNNNNNNNNNNNNNNNNNNNNNNNNNNNNNNNNN. The number of rotatable bonds is 133. The van der Waals surface area contributed by atoms with Crippen LogP contribution in [0.5, 0.6) is 0 Å². The van der Waals surface area contributed by atoms with Crippen LogP contribution < -0.4 is 753 Å². The molecule has 0 atom stereocenters. The molecule has 0 aliphatic heterocycles. The molecule has 0 fully saturated rings. The predicted molar refractivity (Wildman–Crippen MR) is 429 cm³/mol. The van der Waals surface area contributed by atoms with Gasteiger partial charge in [-0.3, -0.25) is 11.7 Å². The molecule has 0 aromatic heterocycles. The second-order valence-electron chi connectivity index (χ2n) is 16.8. The van der Waals surface area contributed by atoms with Gasteiger partial charge in [0.05, 0.1) is 0 Å². The van der Waals surface area contributed by atoms with Gasteiger partial charge in [0.1, 0.15) is 0 Å². The first kappa shape index (κ1) is 131. The molecule has 0 amide bonds. The van der Waals surface area contributed by atoms with Gasteiger partial charge in [0.15, 0.2) is 0 Å². The van der Waals surface area contributed by atoms with Crippen molar-refractivity contribution in [3.63, 3.8) is 0 Å². The second kappa shape index (κ2) is 130. The van der Waals surface area contributed by atoms with Crippen LogP contribution in [-0.2, 0) is 0 Å². The zero-order valence-corrected chi connectivity index (χ0v) is 68.2. The standard InChI is InChI=1S/H138N136/c1-3-5-7-9-11-13-15-17-19-21-23-25-27-29-31-33-35-37-39-41-43-45-47-49-51-53-55-57-59-61-63-65-67-69-71-73-75-77-79-81-83-85-87-89-91-93-95-97-99-101-103-105-107-109-111-113-115-117-119-121-123-125-127-129-131-133-135-136-134-132-130-128-126-124-122-120-118-116-114-112-110-108-106-104-102-100-98-96-94-92-90-88-86-84-82-80-78-76-74-72-70-68-66-64-62-60-58-56-54-52-50-48-46-44-42-40-38-36-34-32-30-28-26-24-22-20-18-16-14-12-10-8-6-4-2/h3-136H,1-2H2. The lowest BCUT2D eigenvalue weighted by Gasteiger charge is -2.16.